The third-order valence-corrected chi connectivity index (χ3v) is 4.73. The molecule has 158 valence electrons. The second kappa shape index (κ2) is 9.25. The van der Waals surface area contributed by atoms with Gasteiger partial charge < -0.3 is 14.6 Å². The predicted molar refractivity (Wildman–Crippen MR) is 115 cm³/mol. The van der Waals surface area contributed by atoms with Crippen LogP contribution in [0.5, 0.6) is 5.75 Å². The van der Waals surface area contributed by atoms with Gasteiger partial charge in [0.25, 0.3) is 5.91 Å². The summed E-state index contributed by atoms with van der Waals surface area (Å²) >= 11 is 0. The van der Waals surface area contributed by atoms with Gasteiger partial charge in [0.2, 0.25) is 0 Å². The number of carbonyl (C=O) groups is 1. The number of amides is 1. The first-order valence-corrected chi connectivity index (χ1v) is 9.86. The highest BCUT2D eigenvalue weighted by Gasteiger charge is 2.17. The Morgan fingerprint density at radius 1 is 1.13 bits per heavy atom. The van der Waals surface area contributed by atoms with Gasteiger partial charge in [-0.15, -0.1) is 0 Å². The number of ether oxygens (including phenoxy) is 1. The highest BCUT2D eigenvalue weighted by molar-refractivity contribution is 5.78. The van der Waals surface area contributed by atoms with Crippen LogP contribution in [-0.4, -0.2) is 38.4 Å². The first kappa shape index (κ1) is 20.3. The third kappa shape index (κ3) is 4.98. The van der Waals surface area contributed by atoms with Crippen LogP contribution in [0.25, 0.3) is 22.6 Å². The molecule has 0 aliphatic rings. The van der Waals surface area contributed by atoms with Crippen LogP contribution in [0.2, 0.25) is 0 Å². The van der Waals surface area contributed by atoms with Gasteiger partial charge in [-0.25, -0.2) is 9.37 Å². The van der Waals surface area contributed by atoms with Gasteiger partial charge in [-0.05, 0) is 29.8 Å². The molecule has 1 amide bonds. The summed E-state index contributed by atoms with van der Waals surface area (Å²) < 4.78 is 22.4. The van der Waals surface area contributed by atoms with Crippen molar-refractivity contribution in [3.8, 4) is 28.4 Å². The van der Waals surface area contributed by atoms with Crippen LogP contribution in [0.3, 0.4) is 0 Å². The molecule has 2 heterocycles. The maximum Gasteiger partial charge on any atom is 0.258 e. The molecule has 0 aliphatic heterocycles. The molecule has 0 fully saturated rings. The van der Waals surface area contributed by atoms with Gasteiger partial charge >= 0.3 is 0 Å². The lowest BCUT2D eigenvalue weighted by atomic mass is 10.1. The maximum atomic E-state index is 13.4. The summed E-state index contributed by atoms with van der Waals surface area (Å²) in [6, 6.07) is 15.4. The van der Waals surface area contributed by atoms with Crippen molar-refractivity contribution >= 4 is 5.91 Å². The SMILES string of the molecule is Cn1ccnc1-c1nn(CCNC(=O)COc2ccccc2)cc1-c1ccc(F)cc1. The number of hydrogen-bond donors (Lipinski definition) is 1. The van der Waals surface area contributed by atoms with Gasteiger partial charge in [0.05, 0.1) is 6.54 Å². The molecule has 0 unspecified atom stereocenters. The minimum atomic E-state index is -0.296. The van der Waals surface area contributed by atoms with E-state index in [1.54, 1.807) is 35.1 Å². The largest absolute Gasteiger partial charge is 0.484 e. The Hall–Kier alpha value is -3.94. The van der Waals surface area contributed by atoms with Crippen LogP contribution >= 0.6 is 0 Å². The standard InChI is InChI=1S/C23H22FN5O2/c1-28-13-11-26-23(28)22-20(17-7-9-18(24)10-8-17)15-29(27-22)14-12-25-21(30)16-31-19-5-3-2-4-6-19/h2-11,13,15H,12,14,16H2,1H3,(H,25,30). The number of benzene rings is 2. The monoisotopic (exact) mass is 419 g/mol. The van der Waals surface area contributed by atoms with Crippen LogP contribution in [-0.2, 0) is 18.4 Å². The zero-order valence-corrected chi connectivity index (χ0v) is 17.0. The molecule has 2 aromatic carbocycles. The molecule has 8 heteroatoms. The van der Waals surface area contributed by atoms with Crippen molar-refractivity contribution in [2.45, 2.75) is 6.54 Å². The fraction of sp³-hybridized carbons (Fsp3) is 0.174. The predicted octanol–water partition coefficient (Wildman–Crippen LogP) is 3.28. The molecule has 1 N–H and O–H groups in total. The molecule has 4 aromatic rings. The number of imidazole rings is 1. The summed E-state index contributed by atoms with van der Waals surface area (Å²) in [4.78, 5) is 16.4. The Kier molecular flexibility index (Phi) is 6.07. The van der Waals surface area contributed by atoms with Crippen molar-refractivity contribution in [2.24, 2.45) is 7.05 Å². The minimum absolute atomic E-state index is 0.0531. The Morgan fingerprint density at radius 3 is 2.61 bits per heavy atom. The summed E-state index contributed by atoms with van der Waals surface area (Å²) in [5, 5.41) is 7.49. The van der Waals surface area contributed by atoms with E-state index in [4.69, 9.17) is 4.74 Å². The molecule has 2 aromatic heterocycles. The Morgan fingerprint density at radius 2 is 1.90 bits per heavy atom. The first-order valence-electron chi connectivity index (χ1n) is 9.86. The molecular weight excluding hydrogens is 397 g/mol. The van der Waals surface area contributed by atoms with Crippen LogP contribution in [0.1, 0.15) is 0 Å². The van der Waals surface area contributed by atoms with Crippen molar-refractivity contribution in [1.82, 2.24) is 24.6 Å². The molecule has 7 nitrogen and oxygen atoms in total. The number of nitrogens with zero attached hydrogens (tertiary/aromatic N) is 4. The van der Waals surface area contributed by atoms with E-state index in [0.29, 0.717) is 30.4 Å². The molecule has 0 saturated heterocycles. The minimum Gasteiger partial charge on any atom is -0.484 e. The Labute approximate surface area is 179 Å². The smallest absolute Gasteiger partial charge is 0.258 e. The van der Waals surface area contributed by atoms with Gasteiger partial charge in [-0.3, -0.25) is 9.48 Å². The molecule has 0 aliphatic carbocycles. The normalized spacial score (nSPS) is 10.8. The molecule has 0 bridgehead atoms. The van der Waals surface area contributed by atoms with Crippen LogP contribution in [0.15, 0.2) is 73.2 Å². The van der Waals surface area contributed by atoms with Crippen molar-refractivity contribution in [1.29, 1.82) is 0 Å². The highest BCUT2D eigenvalue weighted by Crippen LogP contribution is 2.30. The topological polar surface area (TPSA) is 74.0 Å². The van der Waals surface area contributed by atoms with E-state index in [0.717, 1.165) is 11.1 Å². The summed E-state index contributed by atoms with van der Waals surface area (Å²) in [6.45, 7) is 0.805. The van der Waals surface area contributed by atoms with Gasteiger partial charge in [-0.1, -0.05) is 30.3 Å². The highest BCUT2D eigenvalue weighted by atomic mass is 19.1. The second-order valence-corrected chi connectivity index (χ2v) is 6.97. The zero-order valence-electron chi connectivity index (χ0n) is 17.0. The Balaban J connectivity index is 1.43. The van der Waals surface area contributed by atoms with E-state index in [-0.39, 0.29) is 18.3 Å². The number of hydrogen-bond acceptors (Lipinski definition) is 4. The number of rotatable bonds is 8. The molecular formula is C23H22FN5O2. The fourth-order valence-electron chi connectivity index (χ4n) is 3.16. The van der Waals surface area contributed by atoms with Crippen LogP contribution in [0, 0.1) is 5.82 Å². The van der Waals surface area contributed by atoms with Crippen molar-refractivity contribution in [3.63, 3.8) is 0 Å². The van der Waals surface area contributed by atoms with Crippen molar-refractivity contribution in [3.05, 3.63) is 79.0 Å². The third-order valence-electron chi connectivity index (χ3n) is 4.73. The Bertz CT molecular complexity index is 1150. The number of aryl methyl sites for hydroxylation is 1. The summed E-state index contributed by atoms with van der Waals surface area (Å²) in [5.41, 5.74) is 2.37. The molecule has 0 atom stereocenters. The van der Waals surface area contributed by atoms with E-state index in [1.807, 2.05) is 42.2 Å². The summed E-state index contributed by atoms with van der Waals surface area (Å²) in [6.07, 6.45) is 5.43. The molecule has 4 rings (SSSR count). The molecule has 31 heavy (non-hydrogen) atoms. The lowest BCUT2D eigenvalue weighted by molar-refractivity contribution is -0.123. The van der Waals surface area contributed by atoms with Gasteiger partial charge in [0, 0.05) is 37.7 Å². The molecule has 0 saturated carbocycles. The van der Waals surface area contributed by atoms with E-state index in [2.05, 4.69) is 15.4 Å². The van der Waals surface area contributed by atoms with Gasteiger partial charge in [-0.2, -0.15) is 5.10 Å². The van der Waals surface area contributed by atoms with Gasteiger partial charge in [0.15, 0.2) is 12.4 Å². The number of halogens is 1. The van der Waals surface area contributed by atoms with E-state index < -0.39 is 0 Å². The maximum absolute atomic E-state index is 13.4. The first-order chi connectivity index (χ1) is 15.1. The van der Waals surface area contributed by atoms with Crippen LogP contribution in [0.4, 0.5) is 4.39 Å². The molecule has 0 spiro atoms. The lowest BCUT2D eigenvalue weighted by Crippen LogP contribution is -2.31. The average Bonchev–Trinajstić information content (AvgIpc) is 3.39. The zero-order chi connectivity index (χ0) is 21.6. The summed E-state index contributed by atoms with van der Waals surface area (Å²) in [7, 11) is 1.89. The number of para-hydroxylation sites is 1. The van der Waals surface area contributed by atoms with Crippen molar-refractivity contribution in [2.75, 3.05) is 13.2 Å². The second-order valence-electron chi connectivity index (χ2n) is 6.97. The average molecular weight is 419 g/mol. The van der Waals surface area contributed by atoms with Crippen LogP contribution < -0.4 is 10.1 Å². The van der Waals surface area contributed by atoms with Gasteiger partial charge in [0.1, 0.15) is 17.3 Å². The summed E-state index contributed by atoms with van der Waals surface area (Å²) in [5.74, 6) is 0.848. The van der Waals surface area contributed by atoms with E-state index in [1.165, 1.54) is 12.1 Å². The number of aromatic nitrogens is 4. The lowest BCUT2D eigenvalue weighted by Gasteiger charge is -2.07. The number of nitrogens with one attached hydrogen (secondary N) is 1. The fourth-order valence-corrected chi connectivity index (χ4v) is 3.16. The number of carbonyl (C=O) groups excluding carboxylic acids is 1. The van der Waals surface area contributed by atoms with E-state index >= 15 is 0 Å². The van der Waals surface area contributed by atoms with E-state index in [9.17, 15) is 9.18 Å². The molecule has 0 radical (unpaired) electrons. The van der Waals surface area contributed by atoms with Crippen molar-refractivity contribution < 1.29 is 13.9 Å². The quantitative estimate of drug-likeness (QED) is 0.476.